The molecule has 0 fully saturated rings. The number of aromatic nitrogens is 6. The summed E-state index contributed by atoms with van der Waals surface area (Å²) in [7, 11) is 0. The van der Waals surface area contributed by atoms with Crippen molar-refractivity contribution >= 4 is 11.9 Å². The van der Waals surface area contributed by atoms with Gasteiger partial charge in [0, 0.05) is 56.7 Å². The Bertz CT molecular complexity index is 1520. The van der Waals surface area contributed by atoms with Crippen molar-refractivity contribution in [3.05, 3.63) is 145 Å². The summed E-state index contributed by atoms with van der Waals surface area (Å²) in [6, 6.07) is 28.6. The first kappa shape index (κ1) is 32.0. The minimum Gasteiger partial charge on any atom is -0.478 e. The molecule has 0 atom stereocenters. The zero-order valence-electron chi connectivity index (χ0n) is 22.4. The van der Waals surface area contributed by atoms with Crippen molar-refractivity contribution in [2.75, 3.05) is 0 Å². The summed E-state index contributed by atoms with van der Waals surface area (Å²) in [6.45, 7) is 0. The molecule has 11 heteroatoms. The Morgan fingerprint density at radius 1 is 0.395 bits per heavy atom. The second-order valence-corrected chi connectivity index (χ2v) is 8.33. The average Bonchev–Trinajstić information content (AvgIpc) is 3.07. The Morgan fingerprint density at radius 2 is 0.674 bits per heavy atom. The Morgan fingerprint density at radius 3 is 0.907 bits per heavy atom. The Balaban J connectivity index is 0.000000180. The van der Waals surface area contributed by atoms with Crippen LogP contribution in [0, 0.1) is 0 Å². The predicted octanol–water partition coefficient (Wildman–Crippen LogP) is 5.82. The first-order chi connectivity index (χ1) is 20.5. The van der Waals surface area contributed by atoms with E-state index in [0.717, 1.165) is 22.8 Å². The van der Waals surface area contributed by atoms with Gasteiger partial charge in [-0.15, -0.1) is 0 Å². The molecule has 6 rings (SSSR count). The van der Waals surface area contributed by atoms with E-state index >= 15 is 0 Å². The first-order valence-corrected chi connectivity index (χ1v) is 12.5. The van der Waals surface area contributed by atoms with E-state index < -0.39 is 11.9 Å². The van der Waals surface area contributed by atoms with Gasteiger partial charge in [-0.05, 0) is 72.8 Å². The number of pyridine rings is 6. The molecule has 0 unspecified atom stereocenters. The fraction of sp³-hybridized carbons (Fsp3) is 0. The van der Waals surface area contributed by atoms with Crippen molar-refractivity contribution in [1.29, 1.82) is 0 Å². The molecule has 6 heterocycles. The third kappa shape index (κ3) is 9.80. The van der Waals surface area contributed by atoms with Gasteiger partial charge in [0.1, 0.15) is 0 Å². The normalized spacial score (nSPS) is 9.58. The molecular formula is C32H24N6O4Ru. The van der Waals surface area contributed by atoms with E-state index in [4.69, 9.17) is 10.2 Å². The largest absolute Gasteiger partial charge is 0.478 e. The van der Waals surface area contributed by atoms with Crippen LogP contribution in [-0.4, -0.2) is 52.1 Å². The van der Waals surface area contributed by atoms with Crippen LogP contribution in [0.4, 0.5) is 0 Å². The van der Waals surface area contributed by atoms with E-state index in [1.54, 1.807) is 24.8 Å². The zero-order chi connectivity index (χ0) is 29.6. The van der Waals surface area contributed by atoms with Gasteiger partial charge in [0.15, 0.2) is 0 Å². The third-order valence-corrected chi connectivity index (χ3v) is 5.46. The molecule has 0 aliphatic rings. The zero-order valence-corrected chi connectivity index (χ0v) is 24.2. The monoisotopic (exact) mass is 658 g/mol. The molecule has 0 radical (unpaired) electrons. The molecule has 214 valence electrons. The molecule has 43 heavy (non-hydrogen) atoms. The van der Waals surface area contributed by atoms with Gasteiger partial charge in [-0.3, -0.25) is 29.9 Å². The van der Waals surface area contributed by atoms with E-state index in [1.165, 1.54) is 36.7 Å². The number of carbonyl (C=O) groups is 2. The minimum atomic E-state index is -1.08. The molecule has 0 aliphatic heterocycles. The van der Waals surface area contributed by atoms with Crippen molar-refractivity contribution in [3.63, 3.8) is 0 Å². The molecule has 0 amide bonds. The van der Waals surface area contributed by atoms with Gasteiger partial charge in [0.25, 0.3) is 0 Å². The molecule has 0 spiro atoms. The molecule has 2 N–H and O–H groups in total. The van der Waals surface area contributed by atoms with Crippen LogP contribution in [-0.2, 0) is 19.5 Å². The molecule has 0 bridgehead atoms. The number of hydrogen-bond donors (Lipinski definition) is 2. The van der Waals surface area contributed by atoms with Crippen molar-refractivity contribution in [2.45, 2.75) is 0 Å². The van der Waals surface area contributed by atoms with Gasteiger partial charge < -0.3 is 10.2 Å². The van der Waals surface area contributed by atoms with E-state index in [9.17, 15) is 9.59 Å². The summed E-state index contributed by atoms with van der Waals surface area (Å²) in [5.74, 6) is -2.15. The SMILES string of the molecule is O=C(O)c1ccnc(-c2cc(C(=O)O)ccn2)c1.[Ru].c1ccc(-c2ccccn2)nc1.c1ccc(-c2ccccn2)nc1. The fourth-order valence-corrected chi connectivity index (χ4v) is 3.46. The van der Waals surface area contributed by atoms with E-state index in [1.807, 2.05) is 72.8 Å². The summed E-state index contributed by atoms with van der Waals surface area (Å²) in [5.41, 5.74) is 4.44. The standard InChI is InChI=1S/C12H8N2O4.2C10H8N2.Ru/c15-11(16)7-1-3-13-9(5-7)10-6-8(12(17)18)2-4-14-10;2*1-3-7-11-9(5-1)10-6-2-4-8-12-10;/h1-6H,(H,15,16)(H,17,18);2*1-8H;. The van der Waals surface area contributed by atoms with Crippen molar-refractivity contribution < 1.29 is 39.3 Å². The van der Waals surface area contributed by atoms with Crippen LogP contribution in [0.15, 0.2) is 134 Å². The van der Waals surface area contributed by atoms with Crippen LogP contribution in [0.3, 0.4) is 0 Å². The average molecular weight is 658 g/mol. The van der Waals surface area contributed by atoms with Gasteiger partial charge in [0.2, 0.25) is 0 Å². The van der Waals surface area contributed by atoms with Crippen LogP contribution < -0.4 is 0 Å². The Hall–Kier alpha value is -5.54. The van der Waals surface area contributed by atoms with Crippen molar-refractivity contribution in [1.82, 2.24) is 29.9 Å². The van der Waals surface area contributed by atoms with E-state index in [2.05, 4.69) is 29.9 Å². The Kier molecular flexibility index (Phi) is 12.4. The van der Waals surface area contributed by atoms with Gasteiger partial charge in [-0.1, -0.05) is 24.3 Å². The van der Waals surface area contributed by atoms with Crippen molar-refractivity contribution in [2.24, 2.45) is 0 Å². The summed E-state index contributed by atoms with van der Waals surface area (Å²) < 4.78 is 0. The maximum Gasteiger partial charge on any atom is 0.335 e. The van der Waals surface area contributed by atoms with Gasteiger partial charge in [-0.25, -0.2) is 9.59 Å². The van der Waals surface area contributed by atoms with Gasteiger partial charge >= 0.3 is 11.9 Å². The smallest absolute Gasteiger partial charge is 0.335 e. The van der Waals surface area contributed by atoms with Crippen LogP contribution in [0.2, 0.25) is 0 Å². The summed E-state index contributed by atoms with van der Waals surface area (Å²) >= 11 is 0. The number of nitrogens with zero attached hydrogens (tertiary/aromatic N) is 6. The number of hydrogen-bond acceptors (Lipinski definition) is 8. The quantitative estimate of drug-likeness (QED) is 0.217. The predicted molar refractivity (Wildman–Crippen MR) is 156 cm³/mol. The second-order valence-electron chi connectivity index (χ2n) is 8.33. The number of carboxylic acid groups (broad SMARTS) is 2. The molecule has 10 nitrogen and oxygen atoms in total. The number of aromatic carboxylic acids is 2. The summed E-state index contributed by atoms with van der Waals surface area (Å²) in [4.78, 5) is 46.3. The number of rotatable bonds is 5. The Labute approximate surface area is 260 Å². The third-order valence-electron chi connectivity index (χ3n) is 5.46. The molecule has 0 aliphatic carbocycles. The minimum absolute atomic E-state index is 0. The topological polar surface area (TPSA) is 152 Å². The van der Waals surface area contributed by atoms with Crippen LogP contribution in [0.5, 0.6) is 0 Å². The van der Waals surface area contributed by atoms with Crippen LogP contribution in [0.1, 0.15) is 20.7 Å². The molecular weight excluding hydrogens is 633 g/mol. The van der Waals surface area contributed by atoms with Crippen LogP contribution >= 0.6 is 0 Å². The van der Waals surface area contributed by atoms with Crippen molar-refractivity contribution in [3.8, 4) is 34.2 Å². The molecule has 6 aromatic heterocycles. The maximum atomic E-state index is 10.8. The summed E-state index contributed by atoms with van der Waals surface area (Å²) in [6.07, 6.45) is 9.75. The van der Waals surface area contributed by atoms with E-state index in [-0.39, 0.29) is 30.6 Å². The van der Waals surface area contributed by atoms with Gasteiger partial charge in [0.05, 0.1) is 45.3 Å². The van der Waals surface area contributed by atoms with Gasteiger partial charge in [-0.2, -0.15) is 0 Å². The first-order valence-electron chi connectivity index (χ1n) is 12.5. The molecule has 0 saturated heterocycles. The maximum absolute atomic E-state index is 10.8. The number of carboxylic acids is 2. The fourth-order valence-electron chi connectivity index (χ4n) is 3.46. The molecule has 0 saturated carbocycles. The summed E-state index contributed by atoms with van der Waals surface area (Å²) in [5, 5.41) is 17.7. The second kappa shape index (κ2) is 16.7. The van der Waals surface area contributed by atoms with E-state index in [0.29, 0.717) is 11.4 Å². The molecule has 0 aromatic carbocycles. The van der Waals surface area contributed by atoms with Crippen LogP contribution in [0.25, 0.3) is 34.2 Å². The molecule has 6 aromatic rings.